The van der Waals surface area contributed by atoms with E-state index >= 15 is 0 Å². The van der Waals surface area contributed by atoms with Crippen molar-refractivity contribution in [3.05, 3.63) is 135 Å². The largest absolute Gasteiger partial charge is 0.354 e. The van der Waals surface area contributed by atoms with Crippen LogP contribution in [0.3, 0.4) is 0 Å². The van der Waals surface area contributed by atoms with Crippen molar-refractivity contribution in [3.8, 4) is 0 Å². The van der Waals surface area contributed by atoms with Crippen LogP contribution in [0, 0.1) is 12.8 Å². The second-order valence-electron chi connectivity index (χ2n) is 24.4. The number of thioether (sulfide) groups is 1. The monoisotopic (exact) mass is 1230 g/mol. The van der Waals surface area contributed by atoms with Gasteiger partial charge in [-0.3, -0.25) is 23.2 Å². The molecule has 10 rings (SSSR count). The van der Waals surface area contributed by atoms with E-state index in [1.54, 1.807) is 6.07 Å². The van der Waals surface area contributed by atoms with Crippen molar-refractivity contribution in [2.45, 2.75) is 145 Å². The van der Waals surface area contributed by atoms with E-state index in [9.17, 15) is 53.3 Å². The van der Waals surface area contributed by atoms with Crippen molar-refractivity contribution in [3.63, 3.8) is 0 Å². The van der Waals surface area contributed by atoms with E-state index in [1.165, 1.54) is 23.3 Å². The Kier molecular flexibility index (Phi) is 17.6. The lowest BCUT2D eigenvalue weighted by molar-refractivity contribution is -0.438. The summed E-state index contributed by atoms with van der Waals surface area (Å²) in [6.07, 6.45) is 16.2. The third-order valence-electron chi connectivity index (χ3n) is 17.9. The van der Waals surface area contributed by atoms with E-state index in [0.717, 1.165) is 112 Å². The Morgan fingerprint density at radius 2 is 1.51 bits per heavy atom. The van der Waals surface area contributed by atoms with Gasteiger partial charge in [-0.15, -0.1) is 0 Å². The first-order chi connectivity index (χ1) is 39.7. The van der Waals surface area contributed by atoms with Gasteiger partial charge in [0.1, 0.15) is 6.54 Å². The van der Waals surface area contributed by atoms with Crippen LogP contribution in [-0.4, -0.2) is 128 Å². The van der Waals surface area contributed by atoms with E-state index in [2.05, 4.69) is 94.0 Å². The maximum Gasteiger partial charge on any atom is 0.315 e. The molecule has 7 aliphatic rings. The molecule has 0 radical (unpaired) electrons. The molecule has 3 aliphatic carbocycles. The maximum absolute atomic E-state index is 14.1. The van der Waals surface area contributed by atoms with Gasteiger partial charge in [-0.25, -0.2) is 4.79 Å². The number of hydrogen-bond donors (Lipinski definition) is 7. The molecular formula is C62H77N6O12S4+. The van der Waals surface area contributed by atoms with Crippen LogP contribution in [0.15, 0.2) is 106 Å². The third kappa shape index (κ3) is 13.0. The molecule has 0 aromatic heterocycles. The van der Waals surface area contributed by atoms with Crippen molar-refractivity contribution in [2.75, 3.05) is 48.3 Å². The average Bonchev–Trinajstić information content (AvgIpc) is 1.64. The first kappa shape index (κ1) is 61.2. The van der Waals surface area contributed by atoms with Crippen LogP contribution in [0.2, 0.25) is 0 Å². The zero-order valence-electron chi connectivity index (χ0n) is 48.3. The number of carbonyl (C=O) groups excluding carboxylic acids is 3. The topological polar surface area (TPSA) is 269 Å². The summed E-state index contributed by atoms with van der Waals surface area (Å²) < 4.78 is 103. The van der Waals surface area contributed by atoms with Crippen molar-refractivity contribution >= 4 is 88.2 Å². The minimum atomic E-state index is -4.54. The number of amides is 4. The van der Waals surface area contributed by atoms with Gasteiger partial charge in [0.2, 0.25) is 11.6 Å². The number of urea groups is 1. The Hall–Kier alpha value is -5.88. The summed E-state index contributed by atoms with van der Waals surface area (Å²) in [5.74, 6) is 0.0159. The quantitative estimate of drug-likeness (QED) is 0.0202. The number of rotatable bonds is 23. The fourth-order valence-corrected chi connectivity index (χ4v) is 16.9. The van der Waals surface area contributed by atoms with Gasteiger partial charge in [0.15, 0.2) is 5.71 Å². The molecule has 4 atom stereocenters. The molecule has 0 saturated carbocycles. The van der Waals surface area contributed by atoms with Gasteiger partial charge in [0.25, 0.3) is 36.3 Å². The molecule has 3 aromatic carbocycles. The molecule has 18 nitrogen and oxygen atoms in total. The van der Waals surface area contributed by atoms with E-state index < -0.39 is 46.9 Å². The summed E-state index contributed by atoms with van der Waals surface area (Å²) >= 11 is 1.85. The van der Waals surface area contributed by atoms with Crippen LogP contribution < -0.4 is 26.2 Å². The van der Waals surface area contributed by atoms with E-state index in [-0.39, 0.29) is 66.0 Å². The van der Waals surface area contributed by atoms with Crippen LogP contribution >= 0.6 is 11.8 Å². The Balaban J connectivity index is 0.965. The second kappa shape index (κ2) is 24.1. The van der Waals surface area contributed by atoms with E-state index in [4.69, 9.17) is 0 Å². The van der Waals surface area contributed by atoms with Gasteiger partial charge in [0, 0.05) is 83.5 Å². The van der Waals surface area contributed by atoms with Gasteiger partial charge in [-0.1, -0.05) is 56.2 Å². The van der Waals surface area contributed by atoms with Crippen LogP contribution in [-0.2, 0) is 46.0 Å². The number of carbonyl (C=O) groups is 3. The third-order valence-corrected chi connectivity index (χ3v) is 21.9. The van der Waals surface area contributed by atoms with Crippen LogP contribution in [0.5, 0.6) is 0 Å². The van der Waals surface area contributed by atoms with Gasteiger partial charge < -0.3 is 26.2 Å². The van der Waals surface area contributed by atoms with Crippen molar-refractivity contribution in [2.24, 2.45) is 5.92 Å². The Morgan fingerprint density at radius 3 is 2.26 bits per heavy atom. The van der Waals surface area contributed by atoms with Gasteiger partial charge in [0.05, 0.1) is 33.9 Å². The van der Waals surface area contributed by atoms with Crippen molar-refractivity contribution in [1.29, 1.82) is 0 Å². The maximum atomic E-state index is 14.1. The van der Waals surface area contributed by atoms with Gasteiger partial charge in [-0.2, -0.15) is 41.6 Å². The minimum absolute atomic E-state index is 0.0872. The summed E-state index contributed by atoms with van der Waals surface area (Å²) in [4.78, 5) is 40.9. The number of aryl methyl sites for hydroxylation is 1. The molecule has 7 N–H and O–H groups in total. The standard InChI is InChI=1S/C62H76N6O12S4/c1-38-14-24-49-46(34-38)61(2,3)52(67(49)30-8-10-32-82(72,73)74)26-20-39-15-17-41-18-16-40(21-27-53-62(4,5)47-36-43(84(78,79)80)22-25-50(47)68(53)31-9-11-33-83(75,76)77)56-45-35-42(19-23-44(45)55(39)57(41)56)59(70)64-29-28-63-54(69)13-7-6-12-51-58-48(37-81-51)65-60(71)66-58/h14,19-27,34-36,41,48,51,58H,6-13,15-18,28-33,37H2,1-5H3,(H6-,63,64,65,66,69,70,71,72,73,74,75,76,77,78,79,80)/p+1. The number of nitrogens with one attached hydrogen (secondary N) is 4. The Morgan fingerprint density at radius 1 is 0.774 bits per heavy atom. The molecule has 0 bridgehead atoms. The lowest BCUT2D eigenvalue weighted by atomic mass is 9.72. The highest BCUT2D eigenvalue weighted by Gasteiger charge is 2.47. The van der Waals surface area contributed by atoms with Crippen molar-refractivity contribution in [1.82, 2.24) is 21.3 Å². The summed E-state index contributed by atoms with van der Waals surface area (Å²) in [5, 5.41) is 12.3. The lowest BCUT2D eigenvalue weighted by Crippen LogP contribution is -2.36. The van der Waals surface area contributed by atoms with Crippen LogP contribution in [0.25, 0.3) is 11.1 Å². The highest BCUT2D eigenvalue weighted by Crippen LogP contribution is 2.58. The molecule has 4 heterocycles. The number of nitrogens with zero attached hydrogens (tertiary/aromatic N) is 2. The summed E-state index contributed by atoms with van der Waals surface area (Å²) in [6.45, 7) is 11.8. The average molecular weight is 1230 g/mol. The first-order valence-corrected chi connectivity index (χ1v) is 34.9. The lowest BCUT2D eigenvalue weighted by Gasteiger charge is -2.32. The molecule has 4 unspecified atom stereocenters. The number of anilines is 1. The van der Waals surface area contributed by atoms with E-state index in [1.807, 2.05) is 43.8 Å². The number of hydrogen-bond acceptors (Lipinski definition) is 11. The van der Waals surface area contributed by atoms with Crippen LogP contribution in [0.4, 0.5) is 16.2 Å². The molecule has 84 heavy (non-hydrogen) atoms. The highest BCUT2D eigenvalue weighted by molar-refractivity contribution is 8.00. The molecule has 2 saturated heterocycles. The molecule has 0 spiro atoms. The smallest absolute Gasteiger partial charge is 0.315 e. The van der Waals surface area contributed by atoms with Gasteiger partial charge in [-0.05, 0) is 165 Å². The summed E-state index contributed by atoms with van der Waals surface area (Å²) in [7, 11) is -12.9. The normalized spacial score (nSPS) is 23.0. The summed E-state index contributed by atoms with van der Waals surface area (Å²) in [6, 6.07) is 17.0. The zero-order chi connectivity index (χ0) is 60.1. The molecule has 450 valence electrons. The number of fused-ring (bicyclic) bond motifs is 6. The fraction of sp³-hybridized carbons (Fsp3) is 0.484. The number of unbranched alkanes of at least 4 members (excludes halogenated alkanes) is 3. The molecule has 22 heteroatoms. The van der Waals surface area contributed by atoms with E-state index in [0.29, 0.717) is 55.1 Å². The molecule has 4 amide bonds. The highest BCUT2D eigenvalue weighted by atomic mass is 32.2. The Bertz CT molecular complexity index is 3750. The molecule has 3 aromatic rings. The van der Waals surface area contributed by atoms with Crippen LogP contribution in [0.1, 0.15) is 143 Å². The Labute approximate surface area is 498 Å². The number of benzene rings is 3. The van der Waals surface area contributed by atoms with Gasteiger partial charge >= 0.3 is 6.03 Å². The SMILES string of the molecule is Cc1ccc2c(c1)C(C)(C)C(=CC=C1CCC3CCC(C=CC4=[N+](CCCCS(=O)(=O)O)c5ccc(S(=O)(=O)O)cc5C4(C)C)=C4C3=C1c1ccc(C(=O)NCCNC(=O)CCCCC3SCC5NC(=O)NC53)cc14)N2CCCCS(=O)(=O)O. The number of allylic oxidation sites excluding steroid dienone is 10. The van der Waals surface area contributed by atoms with Crippen molar-refractivity contribution < 1.29 is 57.9 Å². The minimum Gasteiger partial charge on any atom is -0.354 e. The molecule has 2 fully saturated rings. The predicted octanol–water partition coefficient (Wildman–Crippen LogP) is 9.11. The zero-order valence-corrected chi connectivity index (χ0v) is 51.6. The molecular weight excluding hydrogens is 1150 g/mol. The second-order valence-corrected chi connectivity index (χ2v) is 30.2. The summed E-state index contributed by atoms with van der Waals surface area (Å²) in [5.41, 5.74) is 13.5. The first-order valence-electron chi connectivity index (χ1n) is 29.2. The predicted molar refractivity (Wildman–Crippen MR) is 329 cm³/mol. The fourth-order valence-electron chi connectivity index (χ4n) is 13.7. The molecule has 4 aliphatic heterocycles.